The summed E-state index contributed by atoms with van der Waals surface area (Å²) in [5, 5.41) is 3.51. The number of hydrogen-bond donors (Lipinski definition) is 1. The average Bonchev–Trinajstić information content (AvgIpc) is 3.20. The van der Waals surface area contributed by atoms with E-state index in [4.69, 9.17) is 0 Å². The van der Waals surface area contributed by atoms with Gasteiger partial charge in [-0.05, 0) is 63.2 Å². The van der Waals surface area contributed by atoms with Crippen LogP contribution in [0.3, 0.4) is 0 Å². The Bertz CT molecular complexity index is 423. The van der Waals surface area contributed by atoms with Gasteiger partial charge in [0.15, 0.2) is 0 Å². The van der Waals surface area contributed by atoms with Crippen LogP contribution in [0.1, 0.15) is 61.6 Å². The summed E-state index contributed by atoms with van der Waals surface area (Å²) >= 11 is 2.01. The highest BCUT2D eigenvalue weighted by Gasteiger charge is 2.33. The minimum Gasteiger partial charge on any atom is -0.312 e. The van der Waals surface area contributed by atoms with E-state index in [1.807, 2.05) is 11.3 Å². The van der Waals surface area contributed by atoms with E-state index in [1.165, 1.54) is 62.9 Å². The summed E-state index contributed by atoms with van der Waals surface area (Å²) < 4.78 is 0. The van der Waals surface area contributed by atoms with Crippen LogP contribution >= 0.6 is 11.3 Å². The number of nitrogens with one attached hydrogen (secondary N) is 1. The van der Waals surface area contributed by atoms with Crippen molar-refractivity contribution < 1.29 is 0 Å². The van der Waals surface area contributed by atoms with Crippen molar-refractivity contribution in [2.45, 2.75) is 71.0 Å². The molecule has 0 amide bonds. The van der Waals surface area contributed by atoms with Crippen molar-refractivity contribution in [2.75, 3.05) is 13.1 Å². The summed E-state index contributed by atoms with van der Waals surface area (Å²) in [6.07, 6.45) is 9.99. The smallest absolute Gasteiger partial charge is 0.0331 e. The predicted octanol–water partition coefficient (Wildman–Crippen LogP) is 4.40. The maximum absolute atomic E-state index is 3.51. The fourth-order valence-electron chi connectivity index (χ4n) is 4.12. The van der Waals surface area contributed by atoms with Crippen LogP contribution in [-0.2, 0) is 13.1 Å². The SMILES string of the molecule is CCCNCc1ccc(CN2CCCC2C2CCCC2)s1. The zero-order valence-corrected chi connectivity index (χ0v) is 14.3. The molecule has 2 nitrogen and oxygen atoms in total. The molecule has 1 atom stereocenters. The van der Waals surface area contributed by atoms with Crippen molar-refractivity contribution in [1.29, 1.82) is 0 Å². The molecule has 118 valence electrons. The number of thiophene rings is 1. The zero-order chi connectivity index (χ0) is 14.5. The van der Waals surface area contributed by atoms with Gasteiger partial charge in [-0.25, -0.2) is 0 Å². The highest BCUT2D eigenvalue weighted by atomic mass is 32.1. The maximum atomic E-state index is 3.51. The van der Waals surface area contributed by atoms with E-state index in [2.05, 4.69) is 29.3 Å². The third-order valence-electron chi connectivity index (χ3n) is 5.16. The molecule has 1 aliphatic carbocycles. The Balaban J connectivity index is 1.53. The molecule has 1 aliphatic heterocycles. The van der Waals surface area contributed by atoms with E-state index < -0.39 is 0 Å². The van der Waals surface area contributed by atoms with Gasteiger partial charge in [0.2, 0.25) is 0 Å². The molecule has 0 bridgehead atoms. The van der Waals surface area contributed by atoms with Crippen LogP contribution in [0.15, 0.2) is 12.1 Å². The molecule has 3 heteroatoms. The Kier molecular flexibility index (Phi) is 5.73. The van der Waals surface area contributed by atoms with E-state index in [-0.39, 0.29) is 0 Å². The molecule has 2 heterocycles. The standard InChI is InChI=1S/C18H30N2S/c1-2-11-19-13-16-9-10-17(21-16)14-20-12-5-8-18(20)15-6-3-4-7-15/h9-10,15,18-19H,2-8,11-14H2,1H3. The fraction of sp³-hybridized carbons (Fsp3) is 0.778. The van der Waals surface area contributed by atoms with Crippen molar-refractivity contribution in [3.8, 4) is 0 Å². The lowest BCUT2D eigenvalue weighted by molar-refractivity contribution is 0.184. The first-order valence-corrected chi connectivity index (χ1v) is 9.71. The van der Waals surface area contributed by atoms with Gasteiger partial charge in [0.05, 0.1) is 0 Å². The molecule has 1 N–H and O–H groups in total. The lowest BCUT2D eigenvalue weighted by Gasteiger charge is -2.28. The second kappa shape index (κ2) is 7.75. The minimum absolute atomic E-state index is 0.885. The van der Waals surface area contributed by atoms with E-state index in [9.17, 15) is 0 Å². The predicted molar refractivity (Wildman–Crippen MR) is 91.7 cm³/mol. The molecule has 1 saturated heterocycles. The largest absolute Gasteiger partial charge is 0.312 e. The Labute approximate surface area is 133 Å². The van der Waals surface area contributed by atoms with E-state index in [1.54, 1.807) is 4.88 Å². The van der Waals surface area contributed by atoms with Gasteiger partial charge in [0.1, 0.15) is 0 Å². The molecular weight excluding hydrogens is 276 g/mol. The van der Waals surface area contributed by atoms with Gasteiger partial charge in [0, 0.05) is 28.9 Å². The van der Waals surface area contributed by atoms with Crippen LogP contribution in [0.2, 0.25) is 0 Å². The summed E-state index contributed by atoms with van der Waals surface area (Å²) in [5.74, 6) is 0.998. The molecule has 3 rings (SSSR count). The maximum Gasteiger partial charge on any atom is 0.0331 e. The molecule has 1 aromatic heterocycles. The summed E-state index contributed by atoms with van der Waals surface area (Å²) in [7, 11) is 0. The van der Waals surface area contributed by atoms with Gasteiger partial charge in [-0.1, -0.05) is 19.8 Å². The van der Waals surface area contributed by atoms with Crippen molar-refractivity contribution in [3.63, 3.8) is 0 Å². The van der Waals surface area contributed by atoms with Crippen LogP contribution in [0, 0.1) is 5.92 Å². The summed E-state index contributed by atoms with van der Waals surface area (Å²) in [6.45, 7) is 6.92. The van der Waals surface area contributed by atoms with E-state index in [0.717, 1.165) is 25.0 Å². The first kappa shape index (κ1) is 15.5. The van der Waals surface area contributed by atoms with Crippen LogP contribution in [0.4, 0.5) is 0 Å². The Morgan fingerprint density at radius 2 is 1.95 bits per heavy atom. The molecule has 1 aromatic rings. The van der Waals surface area contributed by atoms with Gasteiger partial charge < -0.3 is 5.32 Å². The molecule has 0 radical (unpaired) electrons. The third kappa shape index (κ3) is 4.08. The topological polar surface area (TPSA) is 15.3 Å². The van der Waals surface area contributed by atoms with E-state index in [0.29, 0.717) is 0 Å². The first-order valence-electron chi connectivity index (χ1n) is 8.89. The van der Waals surface area contributed by atoms with Crippen molar-refractivity contribution in [1.82, 2.24) is 10.2 Å². The quantitative estimate of drug-likeness (QED) is 0.751. The number of likely N-dealkylation sites (tertiary alicyclic amines) is 1. The minimum atomic E-state index is 0.885. The Hall–Kier alpha value is -0.380. The van der Waals surface area contributed by atoms with Gasteiger partial charge in [-0.3, -0.25) is 4.90 Å². The van der Waals surface area contributed by atoms with Gasteiger partial charge in [0.25, 0.3) is 0 Å². The molecule has 0 aromatic carbocycles. The van der Waals surface area contributed by atoms with Crippen LogP contribution in [0.25, 0.3) is 0 Å². The normalized spacial score (nSPS) is 24.1. The molecule has 2 aliphatic rings. The second-order valence-electron chi connectivity index (χ2n) is 6.77. The summed E-state index contributed by atoms with van der Waals surface area (Å²) in [6, 6.07) is 5.57. The van der Waals surface area contributed by atoms with Crippen molar-refractivity contribution >= 4 is 11.3 Å². The number of nitrogens with zero attached hydrogens (tertiary/aromatic N) is 1. The van der Waals surface area contributed by atoms with Crippen molar-refractivity contribution in [3.05, 3.63) is 21.9 Å². The van der Waals surface area contributed by atoms with E-state index >= 15 is 0 Å². The van der Waals surface area contributed by atoms with Crippen LogP contribution < -0.4 is 5.32 Å². The first-order chi connectivity index (χ1) is 10.4. The zero-order valence-electron chi connectivity index (χ0n) is 13.4. The second-order valence-corrected chi connectivity index (χ2v) is 8.02. The summed E-state index contributed by atoms with van der Waals surface area (Å²) in [5.41, 5.74) is 0. The fourth-order valence-corrected chi connectivity index (χ4v) is 5.13. The third-order valence-corrected chi connectivity index (χ3v) is 6.23. The Morgan fingerprint density at radius 3 is 2.76 bits per heavy atom. The molecule has 1 saturated carbocycles. The van der Waals surface area contributed by atoms with Gasteiger partial charge in [-0.15, -0.1) is 11.3 Å². The molecule has 2 fully saturated rings. The lowest BCUT2D eigenvalue weighted by atomic mass is 9.96. The highest BCUT2D eigenvalue weighted by molar-refractivity contribution is 7.11. The number of hydrogen-bond acceptors (Lipinski definition) is 3. The average molecular weight is 307 g/mol. The van der Waals surface area contributed by atoms with Crippen LogP contribution in [-0.4, -0.2) is 24.0 Å². The van der Waals surface area contributed by atoms with Crippen LogP contribution in [0.5, 0.6) is 0 Å². The number of rotatable bonds is 7. The summed E-state index contributed by atoms with van der Waals surface area (Å²) in [4.78, 5) is 5.84. The highest BCUT2D eigenvalue weighted by Crippen LogP contribution is 2.36. The molecular formula is C18H30N2S. The molecule has 0 spiro atoms. The lowest BCUT2D eigenvalue weighted by Crippen LogP contribution is -2.33. The van der Waals surface area contributed by atoms with Crippen molar-refractivity contribution in [2.24, 2.45) is 5.92 Å². The molecule has 21 heavy (non-hydrogen) atoms. The monoisotopic (exact) mass is 306 g/mol. The molecule has 1 unspecified atom stereocenters. The van der Waals surface area contributed by atoms with Gasteiger partial charge >= 0.3 is 0 Å². The Morgan fingerprint density at radius 1 is 1.14 bits per heavy atom. The van der Waals surface area contributed by atoms with Gasteiger partial charge in [-0.2, -0.15) is 0 Å².